The van der Waals surface area contributed by atoms with Gasteiger partial charge in [-0.05, 0) is 39.8 Å². The van der Waals surface area contributed by atoms with Crippen LogP contribution in [-0.2, 0) is 4.12 Å². The zero-order valence-electron chi connectivity index (χ0n) is 12.6. The van der Waals surface area contributed by atoms with Crippen molar-refractivity contribution in [2.45, 2.75) is 58.5 Å². The molecular formula is C10H27F2NOSi3. The van der Waals surface area contributed by atoms with Gasteiger partial charge in [0.15, 0.2) is 8.32 Å². The van der Waals surface area contributed by atoms with Crippen molar-refractivity contribution in [2.75, 3.05) is 7.05 Å². The van der Waals surface area contributed by atoms with Crippen molar-refractivity contribution in [3.8, 4) is 0 Å². The van der Waals surface area contributed by atoms with E-state index < -0.39 is 30.7 Å². The van der Waals surface area contributed by atoms with E-state index in [1.165, 1.54) is 4.23 Å². The first-order valence-corrected chi connectivity index (χ1v) is 13.9. The number of hydrogen-bond acceptors (Lipinski definition) is 2. The Bertz CT molecular complexity index is 272. The molecule has 0 aliphatic rings. The topological polar surface area (TPSA) is 12.5 Å². The molecule has 0 radical (unpaired) electrons. The van der Waals surface area contributed by atoms with Crippen LogP contribution < -0.4 is 0 Å². The first-order chi connectivity index (χ1) is 7.11. The predicted molar refractivity (Wildman–Crippen MR) is 77.4 cm³/mol. The van der Waals surface area contributed by atoms with Crippen LogP contribution in [0.5, 0.6) is 0 Å². The first kappa shape index (κ1) is 17.4. The van der Waals surface area contributed by atoms with Gasteiger partial charge in [-0.25, -0.2) is 0 Å². The van der Waals surface area contributed by atoms with Crippen LogP contribution in [0.2, 0.25) is 37.8 Å². The highest BCUT2D eigenvalue weighted by molar-refractivity contribution is 6.89. The molecule has 0 aromatic rings. The molecule has 0 spiro atoms. The molecule has 0 unspecified atom stereocenters. The van der Waals surface area contributed by atoms with E-state index in [2.05, 4.69) is 0 Å². The van der Waals surface area contributed by atoms with Crippen LogP contribution in [0, 0.1) is 0 Å². The smallest absolute Gasteiger partial charge is 0.445 e. The molecule has 0 atom stereocenters. The third-order valence-corrected chi connectivity index (χ3v) is 13.9. The first-order valence-electron chi connectivity index (χ1n) is 5.93. The molecule has 7 heteroatoms. The van der Waals surface area contributed by atoms with E-state index in [1.807, 2.05) is 32.7 Å². The lowest BCUT2D eigenvalue weighted by molar-refractivity contribution is 0.372. The molecule has 0 N–H and O–H groups in total. The Balaban J connectivity index is 5.10. The Kier molecular flexibility index (Phi) is 4.96. The summed E-state index contributed by atoms with van der Waals surface area (Å²) in [5.41, 5.74) is 0. The van der Waals surface area contributed by atoms with E-state index in [1.54, 1.807) is 27.8 Å². The molecule has 0 heterocycles. The van der Waals surface area contributed by atoms with E-state index in [4.69, 9.17) is 4.12 Å². The minimum absolute atomic E-state index is 0.950. The van der Waals surface area contributed by atoms with Crippen molar-refractivity contribution in [1.29, 1.82) is 0 Å². The summed E-state index contributed by atoms with van der Waals surface area (Å²) in [6, 6.07) is 0. The maximum atomic E-state index is 14.4. The average molecular weight is 300 g/mol. The monoisotopic (exact) mass is 299 g/mol. The zero-order chi connectivity index (χ0) is 14.3. The van der Waals surface area contributed by atoms with Gasteiger partial charge >= 0.3 is 8.90 Å². The summed E-state index contributed by atoms with van der Waals surface area (Å²) in [6.07, 6.45) is 0. The molecule has 0 aliphatic carbocycles. The second kappa shape index (κ2) is 4.84. The van der Waals surface area contributed by atoms with Crippen molar-refractivity contribution in [3.63, 3.8) is 0 Å². The van der Waals surface area contributed by atoms with E-state index in [0.29, 0.717) is 0 Å². The Morgan fingerprint density at radius 2 is 1.29 bits per heavy atom. The summed E-state index contributed by atoms with van der Waals surface area (Å²) in [5, 5.41) is -0.950. The fourth-order valence-electron chi connectivity index (χ4n) is 1.66. The van der Waals surface area contributed by atoms with E-state index in [9.17, 15) is 8.22 Å². The molecule has 0 aromatic heterocycles. The predicted octanol–water partition coefficient (Wildman–Crippen LogP) is 4.15. The van der Waals surface area contributed by atoms with E-state index >= 15 is 0 Å². The molecule has 0 rings (SSSR count). The fourth-order valence-corrected chi connectivity index (χ4v) is 13.3. The Hall–Kier alpha value is 0.431. The van der Waals surface area contributed by atoms with Gasteiger partial charge in [0.1, 0.15) is 0 Å². The van der Waals surface area contributed by atoms with Crippen molar-refractivity contribution in [2.24, 2.45) is 0 Å². The maximum absolute atomic E-state index is 14.4. The number of nitrogens with zero attached hydrogens (tertiary/aromatic N) is 1. The van der Waals surface area contributed by atoms with Crippen LogP contribution >= 0.6 is 0 Å². The summed E-state index contributed by atoms with van der Waals surface area (Å²) in [4.78, 5) is 0. The lowest BCUT2D eigenvalue weighted by Crippen LogP contribution is -2.65. The number of rotatable bonds is 4. The van der Waals surface area contributed by atoms with Crippen molar-refractivity contribution < 1.29 is 12.3 Å². The van der Waals surface area contributed by atoms with Gasteiger partial charge in [0.2, 0.25) is 0 Å². The Morgan fingerprint density at radius 1 is 0.941 bits per heavy atom. The zero-order valence-corrected chi connectivity index (χ0v) is 15.6. The van der Waals surface area contributed by atoms with Gasteiger partial charge in [-0.15, -0.1) is 0 Å². The van der Waals surface area contributed by atoms with Gasteiger partial charge < -0.3 is 4.12 Å². The standard InChI is InChI=1S/C10H27F2NOSi3/c1-10(2,3)17(11,12)13(4)16(8,9)14-15(5,6)7/h1-9H3. The third-order valence-electron chi connectivity index (χ3n) is 2.69. The quantitative estimate of drug-likeness (QED) is 0.571. The van der Waals surface area contributed by atoms with Crippen LogP contribution in [-0.4, -0.2) is 37.0 Å². The molecule has 0 bridgehead atoms. The second-order valence-electron chi connectivity index (χ2n) is 7.01. The molecule has 0 fully saturated rings. The summed E-state index contributed by atoms with van der Waals surface area (Å²) in [7, 11) is -7.17. The minimum Gasteiger partial charge on any atom is -0.445 e. The highest BCUT2D eigenvalue weighted by Gasteiger charge is 2.58. The largest absolute Gasteiger partial charge is 0.507 e. The number of halogens is 2. The average Bonchev–Trinajstić information content (AvgIpc) is 1.95. The molecule has 0 saturated heterocycles. The summed E-state index contributed by atoms with van der Waals surface area (Å²) < 4.78 is 36.2. The third kappa shape index (κ3) is 4.55. The highest BCUT2D eigenvalue weighted by Crippen LogP contribution is 2.42. The molecule has 2 nitrogen and oxygen atoms in total. The molecule has 0 aromatic carbocycles. The van der Waals surface area contributed by atoms with Crippen molar-refractivity contribution in [1.82, 2.24) is 4.23 Å². The second-order valence-corrected chi connectivity index (χ2v) is 19.3. The van der Waals surface area contributed by atoms with E-state index in [0.717, 1.165) is 0 Å². The van der Waals surface area contributed by atoms with Crippen LogP contribution in [0.3, 0.4) is 0 Å². The van der Waals surface area contributed by atoms with Gasteiger partial charge in [-0.2, -0.15) is 0 Å². The van der Waals surface area contributed by atoms with Gasteiger partial charge in [0.25, 0.3) is 8.48 Å². The summed E-state index contributed by atoms with van der Waals surface area (Å²) >= 11 is 0. The minimum atomic E-state index is -4.45. The molecule has 104 valence electrons. The van der Waals surface area contributed by atoms with Crippen LogP contribution in [0.15, 0.2) is 0 Å². The molecule has 0 amide bonds. The van der Waals surface area contributed by atoms with Gasteiger partial charge in [-0.3, -0.25) is 12.4 Å². The van der Waals surface area contributed by atoms with E-state index in [-0.39, 0.29) is 0 Å². The maximum Gasteiger partial charge on any atom is 0.507 e. The lowest BCUT2D eigenvalue weighted by atomic mass is 10.3. The van der Waals surface area contributed by atoms with Gasteiger partial charge in [0, 0.05) is 5.04 Å². The van der Waals surface area contributed by atoms with Crippen molar-refractivity contribution in [3.05, 3.63) is 0 Å². The SMILES string of the molecule is CN([Si](C)(C)O[Si](C)(C)C)[Si](F)(F)C(C)(C)C. The van der Waals surface area contributed by atoms with Crippen LogP contribution in [0.4, 0.5) is 8.22 Å². The Morgan fingerprint density at radius 3 is 1.53 bits per heavy atom. The lowest BCUT2D eigenvalue weighted by Gasteiger charge is -2.44. The van der Waals surface area contributed by atoms with Crippen molar-refractivity contribution >= 4 is 25.7 Å². The molecule has 0 saturated carbocycles. The van der Waals surface area contributed by atoms with Gasteiger partial charge in [-0.1, -0.05) is 20.8 Å². The van der Waals surface area contributed by atoms with Crippen LogP contribution in [0.1, 0.15) is 20.8 Å². The summed E-state index contributed by atoms with van der Waals surface area (Å²) in [5.74, 6) is 0. The molecule has 17 heavy (non-hydrogen) atoms. The number of hydrogen-bond donors (Lipinski definition) is 0. The normalized spacial score (nSPS) is 15.5. The molecular weight excluding hydrogens is 272 g/mol. The molecule has 0 aliphatic heterocycles. The van der Waals surface area contributed by atoms with Crippen LogP contribution in [0.25, 0.3) is 0 Å². The summed E-state index contributed by atoms with van der Waals surface area (Å²) in [6.45, 7) is 14.7. The van der Waals surface area contributed by atoms with Gasteiger partial charge in [0.05, 0.1) is 0 Å². The highest BCUT2D eigenvalue weighted by atomic mass is 28.5. The Labute approximate surface area is 108 Å². The fraction of sp³-hybridized carbons (Fsp3) is 1.00.